The Labute approximate surface area is 239 Å². The smallest absolute Gasteiger partial charge is 0.278 e. The number of hydrogen-bond donors (Lipinski definition) is 1. The van der Waals surface area contributed by atoms with Gasteiger partial charge in [0.15, 0.2) is 16.7 Å². The summed E-state index contributed by atoms with van der Waals surface area (Å²) in [6, 6.07) is 2.93. The summed E-state index contributed by atoms with van der Waals surface area (Å²) in [5.74, 6) is -2.33. The van der Waals surface area contributed by atoms with E-state index in [-0.39, 0.29) is 23.8 Å². The number of hydrogen-bond acceptors (Lipinski definition) is 13. The lowest BCUT2D eigenvalue weighted by atomic mass is 10.0. The van der Waals surface area contributed by atoms with Crippen LogP contribution in [0.2, 0.25) is 0 Å². The van der Waals surface area contributed by atoms with Gasteiger partial charge >= 0.3 is 0 Å². The number of thiazole rings is 1. The summed E-state index contributed by atoms with van der Waals surface area (Å²) in [6.07, 6.45) is 3.84. The zero-order chi connectivity index (χ0) is 27.7. The van der Waals surface area contributed by atoms with Crippen molar-refractivity contribution in [3.05, 3.63) is 51.3 Å². The molecule has 0 aliphatic carbocycles. The van der Waals surface area contributed by atoms with Crippen LogP contribution in [0.4, 0.5) is 0 Å². The summed E-state index contributed by atoms with van der Waals surface area (Å²) in [6.45, 7) is 3.67. The number of amides is 2. The number of β-lactam (4-membered cyclic amide) rings is 1. The van der Waals surface area contributed by atoms with Gasteiger partial charge < -0.3 is 20.1 Å². The van der Waals surface area contributed by atoms with Gasteiger partial charge in [0.2, 0.25) is 11.5 Å². The first-order chi connectivity index (χ1) is 18.8. The van der Waals surface area contributed by atoms with E-state index in [1.165, 1.54) is 34.9 Å². The van der Waals surface area contributed by atoms with Crippen LogP contribution in [-0.4, -0.2) is 66.5 Å². The maximum Gasteiger partial charge on any atom is 0.278 e. The second-order valence-electron chi connectivity index (χ2n) is 8.27. The van der Waals surface area contributed by atoms with Crippen molar-refractivity contribution in [2.45, 2.75) is 29.6 Å². The highest BCUT2D eigenvalue weighted by atomic mass is 32.2. The second-order valence-corrected chi connectivity index (χ2v) is 12.5. The SMILES string of the molecule is CCON=C(C(=O)N[C@@H]1C(=O)N2C(C(=O)[O-])=C(Sc3nc(-c4cc[n+](C)cc4)cs3)CS[C@H]12)c1nsc(C)n1. The van der Waals surface area contributed by atoms with Crippen LogP contribution in [0, 0.1) is 6.92 Å². The third kappa shape index (κ3) is 5.54. The average molecular weight is 604 g/mol. The molecule has 1 fully saturated rings. The lowest BCUT2D eigenvalue weighted by molar-refractivity contribution is -0.671. The van der Waals surface area contributed by atoms with Crippen molar-refractivity contribution in [3.8, 4) is 11.3 Å². The van der Waals surface area contributed by atoms with Gasteiger partial charge in [0.1, 0.15) is 30.1 Å². The third-order valence-corrected chi connectivity index (χ3v) is 9.73. The number of nitrogens with one attached hydrogen (secondary N) is 1. The molecule has 0 saturated carbocycles. The van der Waals surface area contributed by atoms with Crippen molar-refractivity contribution < 1.29 is 28.9 Å². The van der Waals surface area contributed by atoms with Gasteiger partial charge in [0.05, 0.1) is 17.4 Å². The van der Waals surface area contributed by atoms with E-state index in [9.17, 15) is 19.5 Å². The zero-order valence-electron chi connectivity index (χ0n) is 20.8. The number of aliphatic carboxylic acids is 1. The maximum atomic E-state index is 13.1. The lowest BCUT2D eigenvalue weighted by Gasteiger charge is -2.50. The lowest BCUT2D eigenvalue weighted by Crippen LogP contribution is -2.71. The van der Waals surface area contributed by atoms with Gasteiger partial charge in [-0.25, -0.2) is 14.5 Å². The van der Waals surface area contributed by atoms with Crippen molar-refractivity contribution in [1.29, 1.82) is 0 Å². The number of carboxylic acid groups (broad SMARTS) is 1. The molecule has 5 heterocycles. The summed E-state index contributed by atoms with van der Waals surface area (Å²) in [5, 5.41) is 20.5. The van der Waals surface area contributed by atoms with E-state index >= 15 is 0 Å². The maximum absolute atomic E-state index is 13.1. The van der Waals surface area contributed by atoms with Gasteiger partial charge in [0.25, 0.3) is 11.8 Å². The molecule has 12 nitrogen and oxygen atoms in total. The molecule has 2 atom stereocenters. The van der Waals surface area contributed by atoms with Gasteiger partial charge in [-0.1, -0.05) is 16.9 Å². The molecule has 2 aliphatic rings. The standard InChI is InChI=1S/C23H21N7O5S4/c1-4-35-27-15(18-24-11(2)39-28-18)19(31)26-16-20(32)30-17(22(33)34)14(10-36-21(16)30)38-23-25-13(9-37-23)12-5-7-29(3)8-6-12/h5-9,16,21H,4,10H2,1-3H3,(H-,26,31,33,34)/t16-,21-/m1/s1. The Hall–Kier alpha value is -3.34. The monoisotopic (exact) mass is 603 g/mol. The Bertz CT molecular complexity index is 1500. The fourth-order valence-corrected chi connectivity index (χ4v) is 7.72. The summed E-state index contributed by atoms with van der Waals surface area (Å²) in [5.41, 5.74) is 1.35. The Balaban J connectivity index is 1.32. The predicted octanol–water partition coefficient (Wildman–Crippen LogP) is 0.689. The van der Waals surface area contributed by atoms with Crippen molar-refractivity contribution >= 4 is 69.9 Å². The van der Waals surface area contributed by atoms with E-state index in [1.807, 2.05) is 41.5 Å². The van der Waals surface area contributed by atoms with Crippen LogP contribution in [-0.2, 0) is 26.3 Å². The quantitative estimate of drug-likeness (QED) is 0.160. The first-order valence-corrected chi connectivity index (χ1v) is 15.1. The second kappa shape index (κ2) is 11.4. The van der Waals surface area contributed by atoms with Gasteiger partial charge in [0, 0.05) is 33.7 Å². The van der Waals surface area contributed by atoms with Crippen LogP contribution in [0.3, 0.4) is 0 Å². The van der Waals surface area contributed by atoms with Crippen LogP contribution in [0.5, 0.6) is 0 Å². The average Bonchev–Trinajstić information content (AvgIpc) is 3.56. The molecule has 0 radical (unpaired) electrons. The number of aromatic nitrogens is 4. The van der Waals surface area contributed by atoms with E-state index in [0.29, 0.717) is 20.0 Å². The molecule has 0 spiro atoms. The molecular weight excluding hydrogens is 583 g/mol. The van der Waals surface area contributed by atoms with Crippen molar-refractivity contribution in [1.82, 2.24) is 24.6 Å². The number of nitrogens with zero attached hydrogens (tertiary/aromatic N) is 6. The molecule has 0 unspecified atom stereocenters. The molecular formula is C23H21N7O5S4. The van der Waals surface area contributed by atoms with Crippen LogP contribution in [0.1, 0.15) is 17.8 Å². The molecule has 0 aromatic carbocycles. The first-order valence-electron chi connectivity index (χ1n) is 11.6. The number of oxime groups is 1. The number of carbonyl (C=O) groups excluding carboxylic acids is 3. The minimum Gasteiger partial charge on any atom is -0.543 e. The van der Waals surface area contributed by atoms with Crippen molar-refractivity contribution in [2.75, 3.05) is 12.4 Å². The topological polar surface area (TPSA) is 154 Å². The van der Waals surface area contributed by atoms with Crippen molar-refractivity contribution in [2.24, 2.45) is 12.2 Å². The van der Waals surface area contributed by atoms with Crippen LogP contribution < -0.4 is 15.0 Å². The molecule has 0 bridgehead atoms. The Kier molecular flexibility index (Phi) is 7.97. The largest absolute Gasteiger partial charge is 0.543 e. The minimum atomic E-state index is -1.46. The molecule has 1 saturated heterocycles. The molecule has 1 N–H and O–H groups in total. The molecule has 3 aromatic heterocycles. The summed E-state index contributed by atoms with van der Waals surface area (Å²) in [7, 11) is 1.92. The Morgan fingerprint density at radius 2 is 2.10 bits per heavy atom. The van der Waals surface area contributed by atoms with Crippen molar-refractivity contribution in [3.63, 3.8) is 0 Å². The summed E-state index contributed by atoms with van der Waals surface area (Å²) < 4.78 is 6.67. The molecule has 5 rings (SSSR count). The summed E-state index contributed by atoms with van der Waals surface area (Å²) >= 11 is 5.03. The molecule has 16 heteroatoms. The van der Waals surface area contributed by atoms with Crippen LogP contribution in [0.25, 0.3) is 11.3 Å². The predicted molar refractivity (Wildman–Crippen MR) is 144 cm³/mol. The summed E-state index contributed by atoms with van der Waals surface area (Å²) in [4.78, 5) is 53.7. The molecule has 2 aliphatic heterocycles. The number of carboxylic acids is 1. The fraction of sp³-hybridized carbons (Fsp3) is 0.304. The Morgan fingerprint density at radius 1 is 1.33 bits per heavy atom. The highest BCUT2D eigenvalue weighted by Crippen LogP contribution is 2.45. The Morgan fingerprint density at radius 3 is 2.77 bits per heavy atom. The number of carbonyl (C=O) groups is 3. The van der Waals surface area contributed by atoms with Crippen LogP contribution in [0.15, 0.2) is 50.0 Å². The third-order valence-electron chi connectivity index (χ3n) is 5.62. The van der Waals surface area contributed by atoms with Gasteiger partial charge in [-0.2, -0.15) is 4.37 Å². The van der Waals surface area contributed by atoms with E-state index in [1.54, 1.807) is 13.8 Å². The normalized spacial score (nSPS) is 19.0. The van der Waals surface area contributed by atoms with E-state index in [2.05, 4.69) is 24.8 Å². The minimum absolute atomic E-state index is 0.0876. The van der Waals surface area contributed by atoms with Gasteiger partial charge in [-0.15, -0.1) is 23.1 Å². The van der Waals surface area contributed by atoms with Gasteiger partial charge in [-0.3, -0.25) is 14.5 Å². The molecule has 3 aromatic rings. The highest BCUT2D eigenvalue weighted by Gasteiger charge is 2.53. The van der Waals surface area contributed by atoms with E-state index in [0.717, 1.165) is 27.7 Å². The fourth-order valence-electron chi connectivity index (χ4n) is 3.79. The molecule has 202 valence electrons. The molecule has 2 amide bonds. The highest BCUT2D eigenvalue weighted by molar-refractivity contribution is 8.07. The first kappa shape index (κ1) is 27.2. The number of aryl methyl sites for hydroxylation is 2. The van der Waals surface area contributed by atoms with E-state index < -0.39 is 29.2 Å². The van der Waals surface area contributed by atoms with E-state index in [4.69, 9.17) is 4.84 Å². The number of thioether (sulfide) groups is 2. The molecule has 39 heavy (non-hydrogen) atoms. The number of pyridine rings is 1. The zero-order valence-corrected chi connectivity index (χ0v) is 24.1. The number of fused-ring (bicyclic) bond motifs is 1. The van der Waals surface area contributed by atoms with Crippen LogP contribution >= 0.6 is 46.4 Å². The van der Waals surface area contributed by atoms with Gasteiger partial charge in [-0.05, 0) is 25.4 Å². The number of rotatable bonds is 9.